The minimum Gasteiger partial charge on any atom is -0.321 e. The molecule has 1 heterocycles. The quantitative estimate of drug-likeness (QED) is 0.468. The fourth-order valence-corrected chi connectivity index (χ4v) is 2.25. The van der Waals surface area contributed by atoms with Crippen molar-refractivity contribution in [3.8, 4) is 6.07 Å². The summed E-state index contributed by atoms with van der Waals surface area (Å²) < 4.78 is 0. The number of hydrogen-bond acceptors (Lipinski definition) is 2. The Labute approximate surface area is 84.7 Å². The van der Waals surface area contributed by atoms with Crippen molar-refractivity contribution < 1.29 is 4.79 Å². The fourth-order valence-electron chi connectivity index (χ4n) is 2.25. The molecule has 0 aromatic rings. The van der Waals surface area contributed by atoms with Crippen LogP contribution in [0.25, 0.3) is 0 Å². The molecule has 2 aliphatic rings. The lowest BCUT2D eigenvalue weighted by molar-refractivity contribution is -0.130. The molecule has 1 aliphatic heterocycles. The van der Waals surface area contributed by atoms with Gasteiger partial charge in [0.1, 0.15) is 6.04 Å². The molecule has 0 aromatic heterocycles. The summed E-state index contributed by atoms with van der Waals surface area (Å²) in [4.78, 5) is 13.6. The summed E-state index contributed by atoms with van der Waals surface area (Å²) in [6.07, 6.45) is 6.97. The van der Waals surface area contributed by atoms with Crippen LogP contribution in [0, 0.1) is 17.2 Å². The highest BCUT2D eigenvalue weighted by Gasteiger charge is 2.41. The Morgan fingerprint density at radius 2 is 1.86 bits per heavy atom. The molecule has 0 aromatic carbocycles. The van der Waals surface area contributed by atoms with E-state index < -0.39 is 0 Å². The maximum absolute atomic E-state index is 11.9. The molecule has 0 spiro atoms. The number of nitrogens with zero attached hydrogens (tertiary/aromatic N) is 2. The van der Waals surface area contributed by atoms with Gasteiger partial charge in [0, 0.05) is 5.92 Å². The molecule has 1 amide bonds. The van der Waals surface area contributed by atoms with E-state index in [1.54, 1.807) is 4.90 Å². The van der Waals surface area contributed by atoms with E-state index in [1.165, 1.54) is 25.7 Å². The summed E-state index contributed by atoms with van der Waals surface area (Å²) in [5.74, 6) is 0.453. The van der Waals surface area contributed by atoms with Gasteiger partial charge in [-0.1, -0.05) is 25.7 Å². The van der Waals surface area contributed by atoms with Crippen LogP contribution in [0.1, 0.15) is 38.5 Å². The molecule has 3 heteroatoms. The van der Waals surface area contributed by atoms with Gasteiger partial charge in [-0.25, -0.2) is 0 Å². The Morgan fingerprint density at radius 3 is 2.36 bits per heavy atom. The molecule has 1 aliphatic carbocycles. The van der Waals surface area contributed by atoms with Gasteiger partial charge in [-0.05, 0) is 12.8 Å². The molecule has 2 fully saturated rings. The van der Waals surface area contributed by atoms with Crippen molar-refractivity contribution in [3.63, 3.8) is 0 Å². The third-order valence-corrected chi connectivity index (χ3v) is 3.25. The monoisotopic (exact) mass is 192 g/mol. The number of amides is 1. The van der Waals surface area contributed by atoms with Gasteiger partial charge >= 0.3 is 0 Å². The summed E-state index contributed by atoms with van der Waals surface area (Å²) >= 11 is 0. The van der Waals surface area contributed by atoms with Crippen LogP contribution in [0.5, 0.6) is 0 Å². The van der Waals surface area contributed by atoms with Crippen LogP contribution in [-0.2, 0) is 4.79 Å². The number of nitriles is 1. The van der Waals surface area contributed by atoms with Crippen LogP contribution < -0.4 is 0 Å². The first-order chi connectivity index (χ1) is 6.83. The molecule has 14 heavy (non-hydrogen) atoms. The molecule has 1 saturated carbocycles. The van der Waals surface area contributed by atoms with Crippen LogP contribution in [-0.4, -0.2) is 23.4 Å². The van der Waals surface area contributed by atoms with Crippen molar-refractivity contribution >= 4 is 5.91 Å². The first-order valence-electron chi connectivity index (χ1n) is 5.53. The van der Waals surface area contributed by atoms with Gasteiger partial charge in [-0.3, -0.25) is 4.79 Å². The molecule has 0 N–H and O–H groups in total. The average Bonchev–Trinajstić information content (AvgIpc) is 3.01. The predicted octanol–water partition coefficient (Wildman–Crippen LogP) is 1.69. The van der Waals surface area contributed by atoms with Crippen molar-refractivity contribution in [1.29, 1.82) is 5.26 Å². The maximum Gasteiger partial charge on any atom is 0.226 e. The van der Waals surface area contributed by atoms with Crippen LogP contribution in [0.4, 0.5) is 0 Å². The van der Waals surface area contributed by atoms with Crippen LogP contribution in [0.15, 0.2) is 0 Å². The maximum atomic E-state index is 11.9. The zero-order valence-corrected chi connectivity index (χ0v) is 8.41. The summed E-state index contributed by atoms with van der Waals surface area (Å²) in [5, 5.41) is 8.64. The highest BCUT2D eigenvalue weighted by atomic mass is 16.2. The second-order valence-electron chi connectivity index (χ2n) is 4.32. The molecular formula is C11H16N2O. The lowest BCUT2D eigenvalue weighted by Crippen LogP contribution is -2.23. The standard InChI is InChI=1S/C11H16N2O/c12-7-10-8-13(10)11(14)9-5-3-1-2-4-6-9/h9-10H,1-6,8H2. The van der Waals surface area contributed by atoms with E-state index in [2.05, 4.69) is 6.07 Å². The van der Waals surface area contributed by atoms with Gasteiger partial charge < -0.3 is 4.90 Å². The van der Waals surface area contributed by atoms with Crippen molar-refractivity contribution in [3.05, 3.63) is 0 Å². The van der Waals surface area contributed by atoms with Gasteiger partial charge in [0.05, 0.1) is 12.6 Å². The molecule has 0 radical (unpaired) electrons. The zero-order valence-electron chi connectivity index (χ0n) is 8.41. The highest BCUT2D eigenvalue weighted by molar-refractivity contribution is 5.82. The minimum absolute atomic E-state index is 0.106. The topological polar surface area (TPSA) is 43.9 Å². The number of rotatable bonds is 1. The van der Waals surface area contributed by atoms with Gasteiger partial charge in [-0.15, -0.1) is 0 Å². The second-order valence-corrected chi connectivity index (χ2v) is 4.32. The van der Waals surface area contributed by atoms with E-state index in [1.807, 2.05) is 0 Å². The molecule has 1 saturated heterocycles. The number of carbonyl (C=O) groups excluding carboxylic acids is 1. The number of hydrogen-bond donors (Lipinski definition) is 0. The summed E-state index contributed by atoms with van der Waals surface area (Å²) in [6, 6.07) is 2.02. The van der Waals surface area contributed by atoms with E-state index >= 15 is 0 Å². The molecular weight excluding hydrogens is 176 g/mol. The van der Waals surface area contributed by atoms with E-state index in [0.717, 1.165) is 12.8 Å². The molecule has 1 atom stereocenters. The third-order valence-electron chi connectivity index (χ3n) is 3.25. The normalized spacial score (nSPS) is 27.9. The largest absolute Gasteiger partial charge is 0.321 e. The summed E-state index contributed by atoms with van der Waals surface area (Å²) in [6.45, 7) is 0.672. The Hall–Kier alpha value is -1.04. The second kappa shape index (κ2) is 4.00. The van der Waals surface area contributed by atoms with E-state index in [4.69, 9.17) is 5.26 Å². The Balaban J connectivity index is 1.88. The van der Waals surface area contributed by atoms with Crippen LogP contribution in [0.2, 0.25) is 0 Å². The lowest BCUT2D eigenvalue weighted by atomic mass is 9.99. The molecule has 3 nitrogen and oxygen atoms in total. The smallest absolute Gasteiger partial charge is 0.226 e. The van der Waals surface area contributed by atoms with Crippen molar-refractivity contribution in [1.82, 2.24) is 4.90 Å². The van der Waals surface area contributed by atoms with Gasteiger partial charge in [0.25, 0.3) is 0 Å². The van der Waals surface area contributed by atoms with E-state index in [-0.39, 0.29) is 17.9 Å². The summed E-state index contributed by atoms with van der Waals surface area (Å²) in [7, 11) is 0. The van der Waals surface area contributed by atoms with Gasteiger partial charge in [0.15, 0.2) is 0 Å². The Kier molecular flexibility index (Phi) is 2.72. The zero-order chi connectivity index (χ0) is 9.97. The molecule has 1 unspecified atom stereocenters. The van der Waals surface area contributed by atoms with Crippen LogP contribution >= 0.6 is 0 Å². The lowest BCUT2D eigenvalue weighted by Gasteiger charge is -2.12. The average molecular weight is 192 g/mol. The van der Waals surface area contributed by atoms with Crippen molar-refractivity contribution in [2.24, 2.45) is 5.92 Å². The predicted molar refractivity (Wildman–Crippen MR) is 52.3 cm³/mol. The van der Waals surface area contributed by atoms with E-state index in [0.29, 0.717) is 6.54 Å². The molecule has 76 valence electrons. The highest BCUT2D eigenvalue weighted by Crippen LogP contribution is 2.28. The summed E-state index contributed by atoms with van der Waals surface area (Å²) in [5.41, 5.74) is 0. The van der Waals surface area contributed by atoms with Crippen LogP contribution in [0.3, 0.4) is 0 Å². The van der Waals surface area contributed by atoms with E-state index in [9.17, 15) is 4.79 Å². The SMILES string of the molecule is N#CC1CN1C(=O)C1CCCCCC1. The number of carbonyl (C=O) groups is 1. The molecule has 0 bridgehead atoms. The van der Waals surface area contributed by atoms with Crippen molar-refractivity contribution in [2.45, 2.75) is 44.6 Å². The van der Waals surface area contributed by atoms with Crippen molar-refractivity contribution in [2.75, 3.05) is 6.54 Å². The first kappa shape index (κ1) is 9.51. The fraction of sp³-hybridized carbons (Fsp3) is 0.818. The first-order valence-corrected chi connectivity index (χ1v) is 5.53. The Bertz CT molecular complexity index is 261. The third kappa shape index (κ3) is 1.89. The van der Waals surface area contributed by atoms with Gasteiger partial charge in [0.2, 0.25) is 5.91 Å². The van der Waals surface area contributed by atoms with Gasteiger partial charge in [-0.2, -0.15) is 5.26 Å². The minimum atomic E-state index is -0.106. The Morgan fingerprint density at radius 1 is 1.21 bits per heavy atom. The molecule has 2 rings (SSSR count).